The van der Waals surface area contributed by atoms with E-state index in [0.29, 0.717) is 5.41 Å². The van der Waals surface area contributed by atoms with Crippen LogP contribution < -0.4 is 0 Å². The molecule has 0 heterocycles. The lowest BCUT2D eigenvalue weighted by molar-refractivity contribution is 0.374. The fraction of sp³-hybridized carbons (Fsp3) is 0.765. The smallest absolute Gasteiger partial charge is 0.0104 e. The van der Waals surface area contributed by atoms with Crippen molar-refractivity contribution in [2.45, 2.75) is 72.1 Å². The summed E-state index contributed by atoms with van der Waals surface area (Å²) in [5.74, 6) is 0.863. The van der Waals surface area contributed by atoms with Gasteiger partial charge in [0.05, 0.1) is 0 Å². The summed E-state index contributed by atoms with van der Waals surface area (Å²) in [6.07, 6.45) is 16.2. The van der Waals surface area contributed by atoms with E-state index in [9.17, 15) is 0 Å². The maximum Gasteiger partial charge on any atom is -0.0104 e. The van der Waals surface area contributed by atoms with E-state index in [1.807, 2.05) is 0 Å². The molecule has 1 fully saturated rings. The van der Waals surface area contributed by atoms with Crippen LogP contribution in [0.5, 0.6) is 0 Å². The Balaban J connectivity index is 2.07. The lowest BCUT2D eigenvalue weighted by Gasteiger charge is -2.33. The second-order valence-electron chi connectivity index (χ2n) is 6.69. The molecule has 0 atom stereocenters. The molecule has 0 aliphatic heterocycles. The van der Waals surface area contributed by atoms with Crippen molar-refractivity contribution in [3.8, 4) is 0 Å². The standard InChI is InChI=1S/C17H28/c1-14-8-7-13-17(2,3)16(14)12-11-15-9-5-4-6-10-15/h11-12,15H,4-10,13H2,1-3H3/b12-11+. The van der Waals surface area contributed by atoms with E-state index < -0.39 is 0 Å². The summed E-state index contributed by atoms with van der Waals surface area (Å²) in [5, 5.41) is 0. The van der Waals surface area contributed by atoms with Gasteiger partial charge in [0.25, 0.3) is 0 Å². The van der Waals surface area contributed by atoms with Crippen LogP contribution in [0, 0.1) is 11.3 Å². The van der Waals surface area contributed by atoms with Gasteiger partial charge in [0.2, 0.25) is 0 Å². The molecule has 1 saturated carbocycles. The van der Waals surface area contributed by atoms with Gasteiger partial charge in [-0.25, -0.2) is 0 Å². The molecule has 0 unspecified atom stereocenters. The van der Waals surface area contributed by atoms with Gasteiger partial charge in [-0.2, -0.15) is 0 Å². The molecule has 0 radical (unpaired) electrons. The first-order valence-electron chi connectivity index (χ1n) is 7.48. The highest BCUT2D eigenvalue weighted by Gasteiger charge is 2.26. The van der Waals surface area contributed by atoms with Crippen molar-refractivity contribution in [1.82, 2.24) is 0 Å². The Kier molecular flexibility index (Phi) is 4.12. The number of hydrogen-bond acceptors (Lipinski definition) is 0. The van der Waals surface area contributed by atoms with Crippen LogP contribution in [0.1, 0.15) is 72.1 Å². The van der Waals surface area contributed by atoms with Gasteiger partial charge in [0, 0.05) is 0 Å². The Morgan fingerprint density at radius 3 is 2.41 bits per heavy atom. The van der Waals surface area contributed by atoms with E-state index in [4.69, 9.17) is 0 Å². The predicted molar refractivity (Wildman–Crippen MR) is 76.0 cm³/mol. The molecule has 0 heteroatoms. The van der Waals surface area contributed by atoms with Gasteiger partial charge >= 0.3 is 0 Å². The number of allylic oxidation sites excluding steroid dienone is 4. The average molecular weight is 232 g/mol. The molecule has 0 nitrogen and oxygen atoms in total. The summed E-state index contributed by atoms with van der Waals surface area (Å²) in [5.41, 5.74) is 3.68. The summed E-state index contributed by atoms with van der Waals surface area (Å²) >= 11 is 0. The van der Waals surface area contributed by atoms with Crippen molar-refractivity contribution in [2.75, 3.05) is 0 Å². The van der Waals surface area contributed by atoms with Crippen LogP contribution in [0.3, 0.4) is 0 Å². The third kappa shape index (κ3) is 3.24. The third-order valence-corrected chi connectivity index (χ3v) is 4.73. The average Bonchev–Trinajstić information content (AvgIpc) is 2.29. The maximum absolute atomic E-state index is 2.52. The molecule has 0 aromatic carbocycles. The predicted octanol–water partition coefficient (Wildman–Crippen LogP) is 5.65. The monoisotopic (exact) mass is 232 g/mol. The first-order chi connectivity index (χ1) is 8.09. The lowest BCUT2D eigenvalue weighted by Crippen LogP contribution is -2.19. The molecule has 2 aliphatic carbocycles. The van der Waals surface area contributed by atoms with Crippen molar-refractivity contribution in [1.29, 1.82) is 0 Å². The van der Waals surface area contributed by atoms with Crippen LogP contribution in [0.4, 0.5) is 0 Å². The van der Waals surface area contributed by atoms with Gasteiger partial charge in [-0.05, 0) is 55.9 Å². The van der Waals surface area contributed by atoms with Crippen LogP contribution in [0.25, 0.3) is 0 Å². The lowest BCUT2D eigenvalue weighted by atomic mass is 9.72. The molecule has 0 bridgehead atoms. The molecule has 0 N–H and O–H groups in total. The Bertz CT molecular complexity index is 311. The molecule has 0 saturated heterocycles. The molecule has 2 aliphatic rings. The van der Waals surface area contributed by atoms with Crippen LogP contribution in [0.2, 0.25) is 0 Å². The minimum atomic E-state index is 0.410. The summed E-state index contributed by atoms with van der Waals surface area (Å²) in [7, 11) is 0. The summed E-state index contributed by atoms with van der Waals surface area (Å²) in [6, 6.07) is 0. The zero-order chi connectivity index (χ0) is 12.3. The van der Waals surface area contributed by atoms with Gasteiger partial charge in [0.1, 0.15) is 0 Å². The van der Waals surface area contributed by atoms with E-state index in [1.165, 1.54) is 51.4 Å². The number of rotatable bonds is 2. The van der Waals surface area contributed by atoms with Crippen molar-refractivity contribution in [3.05, 3.63) is 23.3 Å². The van der Waals surface area contributed by atoms with Gasteiger partial charge in [0.15, 0.2) is 0 Å². The van der Waals surface area contributed by atoms with E-state index in [1.54, 1.807) is 11.1 Å². The largest absolute Gasteiger partial charge is 0.0811 e. The molecule has 17 heavy (non-hydrogen) atoms. The minimum Gasteiger partial charge on any atom is -0.0811 e. The molecule has 96 valence electrons. The van der Waals surface area contributed by atoms with Crippen LogP contribution in [-0.4, -0.2) is 0 Å². The first-order valence-corrected chi connectivity index (χ1v) is 7.48. The van der Waals surface area contributed by atoms with Gasteiger partial charge in [-0.3, -0.25) is 0 Å². The van der Waals surface area contributed by atoms with Crippen LogP contribution >= 0.6 is 0 Å². The first kappa shape index (κ1) is 12.9. The van der Waals surface area contributed by atoms with E-state index in [2.05, 4.69) is 32.9 Å². The molecule has 0 amide bonds. The van der Waals surface area contributed by atoms with Gasteiger partial charge < -0.3 is 0 Å². The van der Waals surface area contributed by atoms with Crippen molar-refractivity contribution < 1.29 is 0 Å². The zero-order valence-corrected chi connectivity index (χ0v) is 11.9. The van der Waals surface area contributed by atoms with Crippen molar-refractivity contribution in [3.63, 3.8) is 0 Å². The topological polar surface area (TPSA) is 0 Å². The normalized spacial score (nSPS) is 26.8. The molecular formula is C17H28. The Morgan fingerprint density at radius 1 is 1.06 bits per heavy atom. The Labute approximate surface area is 107 Å². The number of hydrogen-bond donors (Lipinski definition) is 0. The molecule has 0 spiro atoms. The second-order valence-corrected chi connectivity index (χ2v) is 6.69. The third-order valence-electron chi connectivity index (χ3n) is 4.73. The maximum atomic E-state index is 2.52. The highest BCUT2D eigenvalue weighted by molar-refractivity contribution is 5.32. The van der Waals surface area contributed by atoms with Crippen molar-refractivity contribution >= 4 is 0 Å². The highest BCUT2D eigenvalue weighted by atomic mass is 14.3. The summed E-state index contributed by atoms with van der Waals surface area (Å²) in [4.78, 5) is 0. The van der Waals surface area contributed by atoms with Gasteiger partial charge in [-0.15, -0.1) is 0 Å². The quantitative estimate of drug-likeness (QED) is 0.577. The van der Waals surface area contributed by atoms with E-state index >= 15 is 0 Å². The Morgan fingerprint density at radius 2 is 1.76 bits per heavy atom. The molecule has 0 aromatic heterocycles. The minimum absolute atomic E-state index is 0.410. The molecule has 0 aromatic rings. The van der Waals surface area contributed by atoms with E-state index in [0.717, 1.165) is 5.92 Å². The van der Waals surface area contributed by atoms with Crippen LogP contribution in [-0.2, 0) is 0 Å². The SMILES string of the molecule is CC1=C(/C=C/C2CCCCC2)C(C)(C)CCC1. The van der Waals surface area contributed by atoms with Gasteiger partial charge in [-0.1, -0.05) is 50.8 Å². The highest BCUT2D eigenvalue weighted by Crippen LogP contribution is 2.41. The second kappa shape index (κ2) is 5.42. The fourth-order valence-corrected chi connectivity index (χ4v) is 3.57. The zero-order valence-electron chi connectivity index (χ0n) is 11.9. The summed E-state index contributed by atoms with van der Waals surface area (Å²) < 4.78 is 0. The Hall–Kier alpha value is -0.520. The molecular weight excluding hydrogens is 204 g/mol. The molecule has 2 rings (SSSR count). The summed E-state index contributed by atoms with van der Waals surface area (Å²) in [6.45, 7) is 7.16. The van der Waals surface area contributed by atoms with E-state index in [-0.39, 0.29) is 0 Å². The van der Waals surface area contributed by atoms with Crippen molar-refractivity contribution in [2.24, 2.45) is 11.3 Å². The fourth-order valence-electron chi connectivity index (χ4n) is 3.57. The van der Waals surface area contributed by atoms with Crippen LogP contribution in [0.15, 0.2) is 23.3 Å².